The normalized spacial score (nSPS) is 13.4. The second-order valence-electron chi connectivity index (χ2n) is 2.75. The summed E-state index contributed by atoms with van der Waals surface area (Å²) < 4.78 is 24.3. The third-order valence-electron chi connectivity index (χ3n) is 1.81. The molecule has 1 nitrogen and oxygen atoms in total. The number of benzene rings is 1. The molecule has 0 aromatic heterocycles. The first-order valence-electron chi connectivity index (χ1n) is 3.75. The van der Waals surface area contributed by atoms with Gasteiger partial charge in [-0.2, -0.15) is 0 Å². The van der Waals surface area contributed by atoms with Crippen LogP contribution in [0.1, 0.15) is 17.2 Å². The van der Waals surface area contributed by atoms with Gasteiger partial charge < -0.3 is 5.11 Å². The number of rotatable bonds is 2. The van der Waals surface area contributed by atoms with Crippen LogP contribution in [0.15, 0.2) is 18.2 Å². The van der Waals surface area contributed by atoms with E-state index in [0.717, 1.165) is 0 Å². The van der Waals surface area contributed by atoms with Crippen molar-refractivity contribution < 1.29 is 13.9 Å². The molecular weight excluding hydrogens is 198 g/mol. The Bertz CT molecular complexity index is 281. The third-order valence-corrected chi connectivity index (χ3v) is 2.13. The van der Waals surface area contributed by atoms with Crippen LogP contribution in [-0.2, 0) is 0 Å². The van der Waals surface area contributed by atoms with Crippen LogP contribution in [0, 0.1) is 6.92 Å². The first-order valence-corrected chi connectivity index (χ1v) is 4.13. The summed E-state index contributed by atoms with van der Waals surface area (Å²) in [6.07, 6.45) is -4.60. The maximum atomic E-state index is 12.2. The molecule has 1 aromatic carbocycles. The minimum Gasteiger partial charge on any atom is -0.382 e. The van der Waals surface area contributed by atoms with Crippen molar-refractivity contribution in [2.75, 3.05) is 0 Å². The molecule has 0 aliphatic carbocycles. The van der Waals surface area contributed by atoms with Gasteiger partial charge in [-0.15, -0.1) is 0 Å². The molecule has 1 N–H and O–H groups in total. The summed E-state index contributed by atoms with van der Waals surface area (Å²) in [5, 5.41) is 9.30. The molecule has 0 spiro atoms. The molecule has 0 aliphatic rings. The zero-order valence-corrected chi connectivity index (χ0v) is 7.72. The van der Waals surface area contributed by atoms with E-state index in [9.17, 15) is 8.78 Å². The quantitative estimate of drug-likeness (QED) is 0.789. The Morgan fingerprint density at radius 2 is 2.00 bits per heavy atom. The second-order valence-corrected chi connectivity index (χ2v) is 3.16. The lowest BCUT2D eigenvalue weighted by atomic mass is 10.0. The molecule has 1 unspecified atom stereocenters. The summed E-state index contributed by atoms with van der Waals surface area (Å²) in [4.78, 5) is 0. The van der Waals surface area contributed by atoms with Crippen LogP contribution in [0.2, 0.25) is 5.02 Å². The van der Waals surface area contributed by atoms with Gasteiger partial charge in [0.25, 0.3) is 6.43 Å². The molecule has 1 atom stereocenters. The summed E-state index contributed by atoms with van der Waals surface area (Å²) in [6, 6.07) is 4.77. The van der Waals surface area contributed by atoms with Crippen molar-refractivity contribution in [1.29, 1.82) is 0 Å². The van der Waals surface area contributed by atoms with E-state index in [1.54, 1.807) is 19.1 Å². The molecule has 0 radical (unpaired) electrons. The minimum absolute atomic E-state index is 0.110. The predicted octanol–water partition coefficient (Wildman–Crippen LogP) is 2.95. The van der Waals surface area contributed by atoms with Gasteiger partial charge in [-0.25, -0.2) is 8.78 Å². The maximum absolute atomic E-state index is 12.2. The number of hydrogen-bond donors (Lipinski definition) is 1. The molecule has 0 aliphatic heterocycles. The molecule has 0 amide bonds. The summed E-state index contributed by atoms with van der Waals surface area (Å²) >= 11 is 5.68. The van der Waals surface area contributed by atoms with Gasteiger partial charge in [0, 0.05) is 10.6 Å². The summed E-state index contributed by atoms with van der Waals surface area (Å²) in [5.74, 6) is 0. The van der Waals surface area contributed by atoms with Crippen molar-refractivity contribution in [3.05, 3.63) is 34.3 Å². The minimum atomic E-state index is -2.81. The summed E-state index contributed by atoms with van der Waals surface area (Å²) in [6.45, 7) is 1.63. The second kappa shape index (κ2) is 4.03. The van der Waals surface area contributed by atoms with Gasteiger partial charge in [0.2, 0.25) is 0 Å². The molecule has 1 rings (SSSR count). The van der Waals surface area contributed by atoms with Gasteiger partial charge in [0.05, 0.1) is 0 Å². The lowest BCUT2D eigenvalue weighted by molar-refractivity contribution is -0.00607. The van der Waals surface area contributed by atoms with Crippen molar-refractivity contribution in [1.82, 2.24) is 0 Å². The molecule has 0 saturated heterocycles. The van der Waals surface area contributed by atoms with E-state index in [-0.39, 0.29) is 10.6 Å². The van der Waals surface area contributed by atoms with Crippen molar-refractivity contribution in [2.24, 2.45) is 0 Å². The number of aliphatic hydroxyl groups excluding tert-OH is 1. The molecule has 0 bridgehead atoms. The fourth-order valence-corrected chi connectivity index (χ4v) is 1.48. The fraction of sp³-hybridized carbons (Fsp3) is 0.333. The third kappa shape index (κ3) is 2.17. The molecule has 72 valence electrons. The van der Waals surface area contributed by atoms with Crippen molar-refractivity contribution in [3.8, 4) is 0 Å². The van der Waals surface area contributed by atoms with E-state index in [4.69, 9.17) is 16.7 Å². The van der Waals surface area contributed by atoms with Crippen molar-refractivity contribution in [3.63, 3.8) is 0 Å². The highest BCUT2D eigenvalue weighted by atomic mass is 35.5. The highest BCUT2D eigenvalue weighted by molar-refractivity contribution is 6.31. The molecule has 0 heterocycles. The van der Waals surface area contributed by atoms with Crippen LogP contribution in [0.4, 0.5) is 8.78 Å². The van der Waals surface area contributed by atoms with Gasteiger partial charge >= 0.3 is 0 Å². The number of aryl methyl sites for hydroxylation is 1. The van der Waals surface area contributed by atoms with Gasteiger partial charge in [-0.3, -0.25) is 0 Å². The highest BCUT2D eigenvalue weighted by Gasteiger charge is 2.22. The van der Waals surface area contributed by atoms with Gasteiger partial charge in [-0.1, -0.05) is 23.7 Å². The Morgan fingerprint density at radius 1 is 1.38 bits per heavy atom. The monoisotopic (exact) mass is 206 g/mol. The zero-order valence-electron chi connectivity index (χ0n) is 6.97. The van der Waals surface area contributed by atoms with E-state index in [0.29, 0.717) is 5.56 Å². The van der Waals surface area contributed by atoms with E-state index in [2.05, 4.69) is 0 Å². The van der Waals surface area contributed by atoms with Crippen molar-refractivity contribution in [2.45, 2.75) is 19.5 Å². The van der Waals surface area contributed by atoms with E-state index in [1.165, 1.54) is 6.07 Å². The Labute approximate surface area is 80.0 Å². The molecule has 1 aromatic rings. The largest absolute Gasteiger partial charge is 0.382 e. The fourth-order valence-electron chi connectivity index (χ4n) is 1.15. The average molecular weight is 207 g/mol. The van der Waals surface area contributed by atoms with Gasteiger partial charge in [0.15, 0.2) is 0 Å². The predicted molar refractivity (Wildman–Crippen MR) is 47.2 cm³/mol. The van der Waals surface area contributed by atoms with Crippen LogP contribution in [0.5, 0.6) is 0 Å². The Kier molecular flexibility index (Phi) is 3.22. The first kappa shape index (κ1) is 10.4. The maximum Gasteiger partial charge on any atom is 0.268 e. The van der Waals surface area contributed by atoms with Gasteiger partial charge in [-0.05, 0) is 18.6 Å². The molecular formula is C9H9ClF2O. The SMILES string of the molecule is Cc1cccc(Cl)c1C(O)C(F)F. The number of halogens is 3. The highest BCUT2D eigenvalue weighted by Crippen LogP contribution is 2.29. The van der Waals surface area contributed by atoms with Crippen LogP contribution in [0.25, 0.3) is 0 Å². The number of hydrogen-bond acceptors (Lipinski definition) is 1. The van der Waals surface area contributed by atoms with Crippen molar-refractivity contribution >= 4 is 11.6 Å². The smallest absolute Gasteiger partial charge is 0.268 e. The summed E-state index contributed by atoms with van der Waals surface area (Å²) in [7, 11) is 0. The van der Waals surface area contributed by atoms with Crippen LogP contribution < -0.4 is 0 Å². The standard InChI is InChI=1S/C9H9ClF2O/c1-5-3-2-4-6(10)7(5)8(13)9(11)12/h2-4,8-9,13H,1H3. The Morgan fingerprint density at radius 3 is 2.46 bits per heavy atom. The Balaban J connectivity index is 3.12. The van der Waals surface area contributed by atoms with E-state index in [1.807, 2.05) is 0 Å². The topological polar surface area (TPSA) is 20.2 Å². The zero-order chi connectivity index (χ0) is 10.0. The lowest BCUT2D eigenvalue weighted by Gasteiger charge is -2.13. The van der Waals surface area contributed by atoms with E-state index >= 15 is 0 Å². The summed E-state index contributed by atoms with van der Waals surface area (Å²) in [5.41, 5.74) is 0.680. The molecule has 13 heavy (non-hydrogen) atoms. The van der Waals surface area contributed by atoms with Crippen LogP contribution in [0.3, 0.4) is 0 Å². The van der Waals surface area contributed by atoms with Gasteiger partial charge in [0.1, 0.15) is 6.10 Å². The average Bonchev–Trinajstić information content (AvgIpc) is 2.03. The number of alkyl halides is 2. The van der Waals surface area contributed by atoms with Crippen LogP contribution >= 0.6 is 11.6 Å². The first-order chi connectivity index (χ1) is 6.04. The number of aliphatic hydroxyl groups is 1. The molecule has 4 heteroatoms. The molecule has 0 fully saturated rings. The van der Waals surface area contributed by atoms with Crippen LogP contribution in [-0.4, -0.2) is 11.5 Å². The lowest BCUT2D eigenvalue weighted by Crippen LogP contribution is -2.10. The van der Waals surface area contributed by atoms with E-state index < -0.39 is 12.5 Å². The molecule has 0 saturated carbocycles. The Hall–Kier alpha value is -0.670.